The van der Waals surface area contributed by atoms with Crippen molar-refractivity contribution in [1.82, 2.24) is 0 Å². The first-order chi connectivity index (χ1) is 30.0. The largest absolute Gasteiger partial charge is 0.462 e. The van der Waals surface area contributed by atoms with Gasteiger partial charge in [0.1, 0.15) is 13.2 Å². The van der Waals surface area contributed by atoms with Crippen LogP contribution in [0.3, 0.4) is 0 Å². The molecule has 0 rings (SSSR count). The molecule has 0 aromatic heterocycles. The maximum Gasteiger partial charge on any atom is 0.306 e. The molecule has 0 amide bonds. The predicted molar refractivity (Wildman–Crippen MR) is 261 cm³/mol. The molecule has 0 spiro atoms. The molecule has 1 atom stereocenters. The summed E-state index contributed by atoms with van der Waals surface area (Å²) in [5.74, 6) is -0.954. The number of hydrogen-bond acceptors (Lipinski definition) is 6. The molecule has 0 radical (unpaired) electrons. The molecule has 0 saturated heterocycles. The third-order valence-electron chi connectivity index (χ3n) is 10.4. The smallest absolute Gasteiger partial charge is 0.306 e. The van der Waals surface area contributed by atoms with E-state index in [0.29, 0.717) is 12.8 Å². The van der Waals surface area contributed by atoms with Gasteiger partial charge in [-0.2, -0.15) is 0 Å². The van der Waals surface area contributed by atoms with Gasteiger partial charge in [0.15, 0.2) is 6.10 Å². The zero-order valence-electron chi connectivity index (χ0n) is 39.7. The van der Waals surface area contributed by atoms with Gasteiger partial charge in [-0.1, -0.05) is 183 Å². The minimum Gasteiger partial charge on any atom is -0.462 e. The summed E-state index contributed by atoms with van der Waals surface area (Å²) in [5.41, 5.74) is 0. The summed E-state index contributed by atoms with van der Waals surface area (Å²) >= 11 is 0. The molecule has 1 unspecified atom stereocenters. The Kier molecular flexibility index (Phi) is 46.5. The van der Waals surface area contributed by atoms with Crippen molar-refractivity contribution in [2.75, 3.05) is 13.2 Å². The summed E-state index contributed by atoms with van der Waals surface area (Å²) in [6.07, 6.45) is 62.8. The van der Waals surface area contributed by atoms with Crippen molar-refractivity contribution in [2.45, 2.75) is 232 Å². The van der Waals surface area contributed by atoms with Crippen LogP contribution in [-0.4, -0.2) is 37.2 Å². The molecule has 348 valence electrons. The van der Waals surface area contributed by atoms with Crippen LogP contribution in [0.2, 0.25) is 0 Å². The lowest BCUT2D eigenvalue weighted by Gasteiger charge is -2.18. The number of ether oxygens (including phenoxy) is 3. The van der Waals surface area contributed by atoms with E-state index in [1.165, 1.54) is 70.6 Å². The molecule has 0 aliphatic carbocycles. The Morgan fingerprint density at radius 2 is 0.656 bits per heavy atom. The lowest BCUT2D eigenvalue weighted by molar-refractivity contribution is -0.167. The Balaban J connectivity index is 4.42. The molecule has 0 bridgehead atoms. The average Bonchev–Trinajstić information content (AvgIpc) is 3.26. The summed E-state index contributed by atoms with van der Waals surface area (Å²) in [4.78, 5) is 37.9. The van der Waals surface area contributed by atoms with Crippen molar-refractivity contribution < 1.29 is 28.6 Å². The van der Waals surface area contributed by atoms with Crippen LogP contribution in [0.15, 0.2) is 85.1 Å². The van der Waals surface area contributed by atoms with E-state index in [0.717, 1.165) is 116 Å². The first-order valence-corrected chi connectivity index (χ1v) is 25.1. The Morgan fingerprint density at radius 1 is 0.344 bits per heavy atom. The molecule has 0 aliphatic heterocycles. The van der Waals surface area contributed by atoms with E-state index in [4.69, 9.17) is 14.2 Å². The van der Waals surface area contributed by atoms with Crippen LogP contribution >= 0.6 is 0 Å². The number of esters is 3. The van der Waals surface area contributed by atoms with E-state index in [-0.39, 0.29) is 37.5 Å². The van der Waals surface area contributed by atoms with Crippen molar-refractivity contribution in [3.8, 4) is 0 Å². The van der Waals surface area contributed by atoms with E-state index in [2.05, 4.69) is 106 Å². The molecular formula is C55H92O6. The third-order valence-corrected chi connectivity index (χ3v) is 10.4. The van der Waals surface area contributed by atoms with Crippen molar-refractivity contribution in [1.29, 1.82) is 0 Å². The highest BCUT2D eigenvalue weighted by Crippen LogP contribution is 2.13. The molecule has 0 N–H and O–H groups in total. The van der Waals surface area contributed by atoms with Gasteiger partial charge < -0.3 is 14.2 Å². The van der Waals surface area contributed by atoms with Gasteiger partial charge in [0, 0.05) is 19.3 Å². The molecule has 6 nitrogen and oxygen atoms in total. The highest BCUT2D eigenvalue weighted by molar-refractivity contribution is 5.71. The Labute approximate surface area is 375 Å². The SMILES string of the molecule is CC/C=C\C/C=C\C/C=C\CCCCCC(=O)OC(COC(=O)CCCCCCC/C=C\CCCC)COC(=O)CCCCCCCC/C=C\C/C=C\C/C=C\CCCCC. The van der Waals surface area contributed by atoms with E-state index < -0.39 is 6.10 Å². The molecule has 0 heterocycles. The summed E-state index contributed by atoms with van der Waals surface area (Å²) in [6.45, 7) is 6.40. The Hall–Kier alpha value is -3.41. The van der Waals surface area contributed by atoms with Gasteiger partial charge >= 0.3 is 17.9 Å². The first-order valence-electron chi connectivity index (χ1n) is 25.1. The highest BCUT2D eigenvalue weighted by atomic mass is 16.6. The van der Waals surface area contributed by atoms with Gasteiger partial charge in [-0.05, 0) is 109 Å². The lowest BCUT2D eigenvalue weighted by Crippen LogP contribution is -2.30. The van der Waals surface area contributed by atoms with Crippen molar-refractivity contribution in [3.05, 3.63) is 85.1 Å². The summed E-state index contributed by atoms with van der Waals surface area (Å²) < 4.78 is 16.7. The molecule has 0 aromatic rings. The van der Waals surface area contributed by atoms with Crippen LogP contribution in [0.1, 0.15) is 226 Å². The second-order valence-electron chi connectivity index (χ2n) is 16.3. The molecular weight excluding hydrogens is 757 g/mol. The number of allylic oxidation sites excluding steroid dienone is 14. The van der Waals surface area contributed by atoms with Gasteiger partial charge in [-0.15, -0.1) is 0 Å². The Bertz CT molecular complexity index is 1200. The molecule has 61 heavy (non-hydrogen) atoms. The van der Waals surface area contributed by atoms with Crippen molar-refractivity contribution in [3.63, 3.8) is 0 Å². The minimum atomic E-state index is -0.799. The maximum atomic E-state index is 12.7. The second kappa shape index (κ2) is 49.2. The van der Waals surface area contributed by atoms with Gasteiger partial charge in [-0.25, -0.2) is 0 Å². The van der Waals surface area contributed by atoms with Gasteiger partial charge in [0.25, 0.3) is 0 Å². The van der Waals surface area contributed by atoms with Crippen LogP contribution in [0.4, 0.5) is 0 Å². The fourth-order valence-electron chi connectivity index (χ4n) is 6.56. The summed E-state index contributed by atoms with van der Waals surface area (Å²) in [7, 11) is 0. The molecule has 0 fully saturated rings. The standard InChI is InChI=1S/C55H92O6/c1-4-7-10-13-16-19-22-24-25-26-27-28-29-31-33-36-39-42-45-48-54(57)60-51-52(50-59-53(56)47-44-41-38-35-32-21-18-15-12-9-6-3)61-55(58)49-46-43-40-37-34-30-23-20-17-14-11-8-5-2/h8,11,15-20,24-25,27-28,30,34,52H,4-7,9-10,12-14,21-23,26,29,31-33,35-51H2,1-3H3/b11-8-,18-15-,19-16-,20-17-,25-24-,28-27-,34-30-. The van der Waals surface area contributed by atoms with Crippen LogP contribution in [-0.2, 0) is 28.6 Å². The number of unbranched alkanes of at least 4 members (excludes halogenated alkanes) is 19. The van der Waals surface area contributed by atoms with Crippen molar-refractivity contribution >= 4 is 17.9 Å². The third kappa shape index (κ3) is 47.5. The Morgan fingerprint density at radius 3 is 1.08 bits per heavy atom. The quantitative estimate of drug-likeness (QED) is 0.0263. The van der Waals surface area contributed by atoms with Gasteiger partial charge in [-0.3, -0.25) is 14.4 Å². The predicted octanol–water partition coefficient (Wildman–Crippen LogP) is 16.4. The molecule has 0 aromatic carbocycles. The average molecular weight is 849 g/mol. The van der Waals surface area contributed by atoms with E-state index in [1.54, 1.807) is 0 Å². The second-order valence-corrected chi connectivity index (χ2v) is 16.3. The van der Waals surface area contributed by atoms with Crippen LogP contribution in [0, 0.1) is 0 Å². The summed E-state index contributed by atoms with van der Waals surface area (Å²) in [6, 6.07) is 0. The summed E-state index contributed by atoms with van der Waals surface area (Å²) in [5, 5.41) is 0. The van der Waals surface area contributed by atoms with E-state index >= 15 is 0 Å². The fourth-order valence-corrected chi connectivity index (χ4v) is 6.56. The van der Waals surface area contributed by atoms with E-state index in [1.807, 2.05) is 0 Å². The monoisotopic (exact) mass is 849 g/mol. The maximum absolute atomic E-state index is 12.7. The number of rotatable bonds is 44. The molecule has 0 saturated carbocycles. The number of hydrogen-bond donors (Lipinski definition) is 0. The normalized spacial score (nSPS) is 12.8. The highest BCUT2D eigenvalue weighted by Gasteiger charge is 2.19. The first kappa shape index (κ1) is 57.6. The topological polar surface area (TPSA) is 78.9 Å². The number of carbonyl (C=O) groups excluding carboxylic acids is 3. The van der Waals surface area contributed by atoms with Crippen LogP contribution < -0.4 is 0 Å². The van der Waals surface area contributed by atoms with Gasteiger partial charge in [0.2, 0.25) is 0 Å². The van der Waals surface area contributed by atoms with Gasteiger partial charge in [0.05, 0.1) is 0 Å². The molecule has 0 aliphatic rings. The minimum absolute atomic E-state index is 0.0981. The molecule has 6 heteroatoms. The van der Waals surface area contributed by atoms with Crippen molar-refractivity contribution in [2.24, 2.45) is 0 Å². The number of carbonyl (C=O) groups is 3. The zero-order valence-corrected chi connectivity index (χ0v) is 39.7. The van der Waals surface area contributed by atoms with Crippen LogP contribution in [0.5, 0.6) is 0 Å². The fraction of sp³-hybridized carbons (Fsp3) is 0.691. The lowest BCUT2D eigenvalue weighted by atomic mass is 10.1. The van der Waals surface area contributed by atoms with E-state index in [9.17, 15) is 14.4 Å². The van der Waals surface area contributed by atoms with Crippen LogP contribution in [0.25, 0.3) is 0 Å². The zero-order chi connectivity index (χ0) is 44.4.